The van der Waals surface area contributed by atoms with E-state index in [4.69, 9.17) is 0 Å². The Morgan fingerprint density at radius 3 is 2.50 bits per heavy atom. The highest BCUT2D eigenvalue weighted by atomic mass is 32.1. The van der Waals surface area contributed by atoms with E-state index in [0.29, 0.717) is 11.4 Å². The molecule has 1 N–H and O–H groups in total. The van der Waals surface area contributed by atoms with Crippen LogP contribution in [0.1, 0.15) is 28.5 Å². The van der Waals surface area contributed by atoms with Crippen LogP contribution in [0.5, 0.6) is 0 Å². The van der Waals surface area contributed by atoms with E-state index in [2.05, 4.69) is 29.1 Å². The standard InChI is InChI=1S/C20H17N3O2S/c1-11-4-9-16-17(10-11)26-19(21-16)14-5-7-15(8-6-14)23-20(25)18(13(3)24)12(2)22-23/h4-10,22H,1-3H3. The number of fused-ring (bicyclic) bond motifs is 1. The van der Waals surface area contributed by atoms with Gasteiger partial charge in [0.25, 0.3) is 5.56 Å². The Bertz CT molecular complexity index is 1200. The first-order valence-corrected chi connectivity index (χ1v) is 9.06. The van der Waals surface area contributed by atoms with Crippen LogP contribution in [0.2, 0.25) is 0 Å². The van der Waals surface area contributed by atoms with Gasteiger partial charge in [-0.15, -0.1) is 11.3 Å². The maximum Gasteiger partial charge on any atom is 0.282 e. The monoisotopic (exact) mass is 363 g/mol. The lowest BCUT2D eigenvalue weighted by Gasteiger charge is -2.02. The molecule has 5 nitrogen and oxygen atoms in total. The van der Waals surface area contributed by atoms with Crippen LogP contribution in [0.3, 0.4) is 0 Å². The highest BCUT2D eigenvalue weighted by Gasteiger charge is 2.16. The zero-order valence-corrected chi connectivity index (χ0v) is 15.5. The number of thiazole rings is 1. The minimum Gasteiger partial charge on any atom is -0.295 e. The number of nitrogens with one attached hydrogen (secondary N) is 1. The Labute approximate surface area is 153 Å². The van der Waals surface area contributed by atoms with Crippen molar-refractivity contribution in [3.63, 3.8) is 0 Å². The number of aryl methyl sites for hydroxylation is 2. The van der Waals surface area contributed by atoms with Crippen LogP contribution in [0.4, 0.5) is 0 Å². The van der Waals surface area contributed by atoms with Crippen LogP contribution in [0.15, 0.2) is 47.3 Å². The predicted octanol–water partition coefficient (Wildman–Crippen LogP) is 4.26. The summed E-state index contributed by atoms with van der Waals surface area (Å²) in [4.78, 5) is 28.8. The smallest absolute Gasteiger partial charge is 0.282 e. The Morgan fingerprint density at radius 2 is 1.85 bits per heavy atom. The summed E-state index contributed by atoms with van der Waals surface area (Å²) in [6.07, 6.45) is 0. The van der Waals surface area contributed by atoms with E-state index in [1.165, 1.54) is 17.2 Å². The molecule has 2 aromatic carbocycles. The number of H-pyrrole nitrogens is 1. The normalized spacial score (nSPS) is 11.2. The number of benzene rings is 2. The van der Waals surface area contributed by atoms with Crippen molar-refractivity contribution in [1.82, 2.24) is 14.8 Å². The van der Waals surface area contributed by atoms with Crippen molar-refractivity contribution in [1.29, 1.82) is 0 Å². The molecule has 0 bridgehead atoms. The van der Waals surface area contributed by atoms with Crippen LogP contribution in [0.25, 0.3) is 26.5 Å². The molecule has 0 radical (unpaired) electrons. The lowest BCUT2D eigenvalue weighted by molar-refractivity contribution is 0.101. The van der Waals surface area contributed by atoms with Crippen LogP contribution >= 0.6 is 11.3 Å². The number of hydrogen-bond donors (Lipinski definition) is 1. The molecule has 2 heterocycles. The summed E-state index contributed by atoms with van der Waals surface area (Å²) in [5.41, 5.74) is 4.34. The van der Waals surface area contributed by atoms with Gasteiger partial charge in [0, 0.05) is 11.3 Å². The van der Waals surface area contributed by atoms with Gasteiger partial charge in [-0.1, -0.05) is 6.07 Å². The lowest BCUT2D eigenvalue weighted by atomic mass is 10.2. The van der Waals surface area contributed by atoms with Crippen molar-refractivity contribution in [3.05, 3.63) is 69.6 Å². The molecule has 130 valence electrons. The molecule has 0 amide bonds. The molecule has 0 fully saturated rings. The van der Waals surface area contributed by atoms with E-state index in [9.17, 15) is 9.59 Å². The fourth-order valence-electron chi connectivity index (χ4n) is 3.05. The zero-order valence-electron chi connectivity index (χ0n) is 14.7. The number of aromatic amines is 1. The third-order valence-corrected chi connectivity index (χ3v) is 5.41. The van der Waals surface area contributed by atoms with Crippen molar-refractivity contribution in [2.45, 2.75) is 20.8 Å². The summed E-state index contributed by atoms with van der Waals surface area (Å²) in [7, 11) is 0. The minimum absolute atomic E-state index is 0.204. The Hall–Kier alpha value is -2.99. The van der Waals surface area contributed by atoms with E-state index in [0.717, 1.165) is 20.8 Å². The maximum absolute atomic E-state index is 12.4. The van der Waals surface area contributed by atoms with Crippen molar-refractivity contribution in [2.75, 3.05) is 0 Å². The van der Waals surface area contributed by atoms with Crippen molar-refractivity contribution in [2.24, 2.45) is 0 Å². The van der Waals surface area contributed by atoms with Gasteiger partial charge in [0.2, 0.25) is 0 Å². The molecule has 0 unspecified atom stereocenters. The van der Waals surface area contributed by atoms with Crippen LogP contribution in [-0.4, -0.2) is 20.5 Å². The molecule has 0 aliphatic heterocycles. The average Bonchev–Trinajstić information content (AvgIpc) is 3.15. The van der Waals surface area contributed by atoms with Gasteiger partial charge in [0.05, 0.1) is 15.9 Å². The first-order chi connectivity index (χ1) is 12.4. The third kappa shape index (κ3) is 2.68. The van der Waals surface area contributed by atoms with Crippen LogP contribution in [0, 0.1) is 13.8 Å². The number of aromatic nitrogens is 3. The van der Waals surface area contributed by atoms with Gasteiger partial charge in [0.1, 0.15) is 10.6 Å². The number of carbonyl (C=O) groups is 1. The molecular weight excluding hydrogens is 346 g/mol. The molecule has 0 atom stereocenters. The fourth-order valence-corrected chi connectivity index (χ4v) is 4.12. The predicted molar refractivity (Wildman–Crippen MR) is 104 cm³/mol. The molecular formula is C20H17N3O2S. The van der Waals surface area contributed by atoms with E-state index in [1.807, 2.05) is 30.3 Å². The summed E-state index contributed by atoms with van der Waals surface area (Å²) < 4.78 is 2.56. The summed E-state index contributed by atoms with van der Waals surface area (Å²) in [5.74, 6) is -0.233. The summed E-state index contributed by atoms with van der Waals surface area (Å²) in [6.45, 7) is 5.20. The Balaban J connectivity index is 1.74. The van der Waals surface area contributed by atoms with Gasteiger partial charge in [-0.3, -0.25) is 14.7 Å². The topological polar surface area (TPSA) is 67.8 Å². The average molecular weight is 363 g/mol. The second-order valence-corrected chi connectivity index (χ2v) is 7.38. The van der Waals surface area contributed by atoms with Crippen molar-refractivity contribution in [3.8, 4) is 16.3 Å². The van der Waals surface area contributed by atoms with Gasteiger partial charge in [-0.05, 0) is 62.7 Å². The van der Waals surface area contributed by atoms with Crippen molar-refractivity contribution >= 4 is 27.3 Å². The molecule has 0 spiro atoms. The number of Topliss-reactive ketones (excluding diaryl/α,β-unsaturated/α-hetero) is 1. The molecule has 0 aliphatic carbocycles. The molecule has 4 aromatic rings. The number of rotatable bonds is 3. The number of nitrogens with zero attached hydrogens (tertiary/aromatic N) is 2. The second kappa shape index (κ2) is 6.07. The van der Waals surface area contributed by atoms with Gasteiger partial charge < -0.3 is 0 Å². The first-order valence-electron chi connectivity index (χ1n) is 8.24. The third-order valence-electron chi connectivity index (χ3n) is 4.34. The van der Waals surface area contributed by atoms with Crippen molar-refractivity contribution < 1.29 is 4.79 Å². The van der Waals surface area contributed by atoms with Gasteiger partial charge >= 0.3 is 0 Å². The highest BCUT2D eigenvalue weighted by molar-refractivity contribution is 7.21. The second-order valence-electron chi connectivity index (χ2n) is 6.35. The number of hydrogen-bond acceptors (Lipinski definition) is 4. The van der Waals surface area contributed by atoms with E-state index in [1.54, 1.807) is 18.3 Å². The fraction of sp³-hybridized carbons (Fsp3) is 0.150. The number of carbonyl (C=O) groups excluding carboxylic acids is 1. The molecule has 4 rings (SSSR count). The maximum atomic E-state index is 12.4. The highest BCUT2D eigenvalue weighted by Crippen LogP contribution is 2.31. The van der Waals surface area contributed by atoms with Crippen LogP contribution < -0.4 is 5.56 Å². The van der Waals surface area contributed by atoms with E-state index >= 15 is 0 Å². The molecule has 26 heavy (non-hydrogen) atoms. The molecule has 2 aromatic heterocycles. The molecule has 0 aliphatic rings. The Kier molecular flexibility index (Phi) is 3.85. The van der Waals surface area contributed by atoms with Crippen LogP contribution in [-0.2, 0) is 0 Å². The summed E-state index contributed by atoms with van der Waals surface area (Å²) in [6, 6.07) is 13.8. The number of ketones is 1. The van der Waals surface area contributed by atoms with Gasteiger partial charge in [-0.25, -0.2) is 9.67 Å². The van der Waals surface area contributed by atoms with Gasteiger partial charge in [0.15, 0.2) is 5.78 Å². The van der Waals surface area contributed by atoms with E-state index < -0.39 is 0 Å². The zero-order chi connectivity index (χ0) is 18.4. The molecule has 0 saturated heterocycles. The largest absolute Gasteiger partial charge is 0.295 e. The minimum atomic E-state index is -0.321. The summed E-state index contributed by atoms with van der Waals surface area (Å²) >= 11 is 1.65. The Morgan fingerprint density at radius 1 is 1.12 bits per heavy atom. The SMILES string of the molecule is CC(=O)c1c(C)[nH]n(-c2ccc(-c3nc4ccc(C)cc4s3)cc2)c1=O. The lowest BCUT2D eigenvalue weighted by Crippen LogP contribution is -2.19. The summed E-state index contributed by atoms with van der Waals surface area (Å²) in [5, 5.41) is 3.91. The molecule has 6 heteroatoms. The van der Waals surface area contributed by atoms with E-state index in [-0.39, 0.29) is 16.9 Å². The van der Waals surface area contributed by atoms with Gasteiger partial charge in [-0.2, -0.15) is 0 Å². The molecule has 0 saturated carbocycles. The first kappa shape index (κ1) is 16.5. The quantitative estimate of drug-likeness (QED) is 0.553.